The average Bonchev–Trinajstić information content (AvgIpc) is 2.87. The van der Waals surface area contributed by atoms with Crippen LogP contribution in [0.5, 0.6) is 0 Å². The molecule has 0 N–H and O–H groups in total. The summed E-state index contributed by atoms with van der Waals surface area (Å²) in [5.74, 6) is 1.48. The molecular formula is C32H40F2. The number of hydrogen-bond acceptors (Lipinski definition) is 0. The van der Waals surface area contributed by atoms with Crippen LogP contribution in [0.25, 0.3) is 10.8 Å². The Morgan fingerprint density at radius 3 is 2.12 bits per heavy atom. The maximum absolute atomic E-state index is 15.2. The highest BCUT2D eigenvalue weighted by Gasteiger charge is 2.20. The number of benzene rings is 3. The van der Waals surface area contributed by atoms with Crippen molar-refractivity contribution in [2.24, 2.45) is 11.8 Å². The van der Waals surface area contributed by atoms with E-state index in [9.17, 15) is 4.39 Å². The van der Waals surface area contributed by atoms with Gasteiger partial charge < -0.3 is 0 Å². The number of rotatable bonds is 11. The maximum atomic E-state index is 15.2. The molecular weight excluding hydrogens is 422 g/mol. The van der Waals surface area contributed by atoms with Crippen molar-refractivity contribution in [2.45, 2.75) is 90.4 Å². The largest absolute Gasteiger partial charge is 0.207 e. The zero-order chi connectivity index (χ0) is 23.8. The molecule has 2 heteroatoms. The molecule has 0 spiro atoms. The van der Waals surface area contributed by atoms with Crippen molar-refractivity contribution in [3.8, 4) is 0 Å². The van der Waals surface area contributed by atoms with E-state index in [1.165, 1.54) is 81.9 Å². The molecule has 0 heterocycles. The lowest BCUT2D eigenvalue weighted by Crippen LogP contribution is -2.15. The molecule has 0 amide bonds. The van der Waals surface area contributed by atoms with Gasteiger partial charge in [-0.2, -0.15) is 0 Å². The van der Waals surface area contributed by atoms with Crippen LogP contribution in [0.3, 0.4) is 0 Å². The van der Waals surface area contributed by atoms with Crippen molar-refractivity contribution in [1.82, 2.24) is 0 Å². The fourth-order valence-corrected chi connectivity index (χ4v) is 5.70. The third kappa shape index (κ3) is 6.90. The monoisotopic (exact) mass is 462 g/mol. The van der Waals surface area contributed by atoms with Gasteiger partial charge in [0.25, 0.3) is 0 Å². The van der Waals surface area contributed by atoms with Gasteiger partial charge in [0.15, 0.2) is 0 Å². The van der Waals surface area contributed by atoms with Gasteiger partial charge in [-0.05, 0) is 71.7 Å². The summed E-state index contributed by atoms with van der Waals surface area (Å²) in [6, 6.07) is 16.7. The van der Waals surface area contributed by atoms with Gasteiger partial charge in [-0.15, -0.1) is 0 Å². The van der Waals surface area contributed by atoms with E-state index in [4.69, 9.17) is 0 Å². The van der Waals surface area contributed by atoms with Crippen molar-refractivity contribution < 1.29 is 8.78 Å². The van der Waals surface area contributed by atoms with Gasteiger partial charge in [-0.25, -0.2) is 8.78 Å². The molecule has 0 aromatic heterocycles. The Kier molecular flexibility index (Phi) is 9.13. The molecule has 0 saturated heterocycles. The summed E-state index contributed by atoms with van der Waals surface area (Å²) in [4.78, 5) is 0. The van der Waals surface area contributed by atoms with Crippen LogP contribution in [0.4, 0.5) is 8.78 Å². The molecule has 0 nitrogen and oxygen atoms in total. The predicted octanol–water partition coefficient (Wildman–Crippen LogP) is 9.61. The fraction of sp³-hybridized carbons (Fsp3) is 0.500. The number of unbranched alkanes of at least 4 members (excludes halogenated alkanes) is 3. The molecule has 0 atom stereocenters. The molecule has 0 radical (unpaired) electrons. The van der Waals surface area contributed by atoms with Gasteiger partial charge in [0.05, 0.1) is 0 Å². The highest BCUT2D eigenvalue weighted by atomic mass is 19.1. The molecule has 3 aromatic carbocycles. The van der Waals surface area contributed by atoms with E-state index in [0.29, 0.717) is 18.2 Å². The Morgan fingerprint density at radius 1 is 0.676 bits per heavy atom. The lowest BCUT2D eigenvalue weighted by atomic mass is 9.77. The maximum Gasteiger partial charge on any atom is 0.134 e. The molecule has 0 aliphatic heterocycles. The molecule has 182 valence electrons. The van der Waals surface area contributed by atoms with Crippen LogP contribution in [0.1, 0.15) is 87.8 Å². The van der Waals surface area contributed by atoms with Crippen molar-refractivity contribution in [3.05, 3.63) is 82.9 Å². The SMILES string of the molecule is CCCCCCC1CCC(CCc2ccc3c(F)c(CCc4ccc(F)cc4)ccc3c2)CC1. The quantitative estimate of drug-likeness (QED) is 0.249. The summed E-state index contributed by atoms with van der Waals surface area (Å²) >= 11 is 0. The Balaban J connectivity index is 1.27. The molecule has 4 rings (SSSR count). The van der Waals surface area contributed by atoms with E-state index in [2.05, 4.69) is 25.1 Å². The Labute approximate surface area is 204 Å². The first kappa shape index (κ1) is 24.9. The highest BCUT2D eigenvalue weighted by molar-refractivity contribution is 5.84. The summed E-state index contributed by atoms with van der Waals surface area (Å²) in [6.07, 6.45) is 16.3. The van der Waals surface area contributed by atoms with Gasteiger partial charge in [0.2, 0.25) is 0 Å². The van der Waals surface area contributed by atoms with E-state index in [0.717, 1.165) is 34.8 Å². The molecule has 1 fully saturated rings. The van der Waals surface area contributed by atoms with Gasteiger partial charge >= 0.3 is 0 Å². The van der Waals surface area contributed by atoms with Crippen LogP contribution in [-0.2, 0) is 19.3 Å². The summed E-state index contributed by atoms with van der Waals surface area (Å²) < 4.78 is 28.3. The normalized spacial score (nSPS) is 18.4. The smallest absolute Gasteiger partial charge is 0.134 e. The molecule has 1 aliphatic carbocycles. The van der Waals surface area contributed by atoms with E-state index in [-0.39, 0.29) is 11.6 Å². The number of hydrogen-bond donors (Lipinski definition) is 0. The zero-order valence-corrected chi connectivity index (χ0v) is 20.8. The molecule has 0 unspecified atom stereocenters. The summed E-state index contributed by atoms with van der Waals surface area (Å²) in [5.41, 5.74) is 3.09. The predicted molar refractivity (Wildman–Crippen MR) is 140 cm³/mol. The third-order valence-electron chi connectivity index (χ3n) is 7.97. The minimum atomic E-state index is -0.234. The fourth-order valence-electron chi connectivity index (χ4n) is 5.70. The first-order chi connectivity index (χ1) is 16.6. The summed E-state index contributed by atoms with van der Waals surface area (Å²) in [6.45, 7) is 2.28. The van der Waals surface area contributed by atoms with Gasteiger partial charge in [-0.3, -0.25) is 0 Å². The standard InChI is InChI=1S/C32H40F2/c1-2-3-4-5-6-24-7-9-25(10-8-24)11-12-27-16-22-31-29(23-27)19-18-28(32(31)34)17-13-26-14-20-30(33)21-15-26/h14-16,18-25H,2-13,17H2,1H3. The van der Waals surface area contributed by atoms with Gasteiger partial charge in [0, 0.05) is 5.39 Å². The first-order valence-corrected chi connectivity index (χ1v) is 13.6. The first-order valence-electron chi connectivity index (χ1n) is 13.6. The van der Waals surface area contributed by atoms with Crippen LogP contribution in [-0.4, -0.2) is 0 Å². The minimum absolute atomic E-state index is 0.108. The Hall–Kier alpha value is -2.22. The lowest BCUT2D eigenvalue weighted by Gasteiger charge is -2.28. The van der Waals surface area contributed by atoms with Gasteiger partial charge in [-0.1, -0.05) is 107 Å². The molecule has 1 aliphatic rings. The van der Waals surface area contributed by atoms with Crippen LogP contribution < -0.4 is 0 Å². The second-order valence-corrected chi connectivity index (χ2v) is 10.5. The van der Waals surface area contributed by atoms with Crippen LogP contribution >= 0.6 is 0 Å². The number of fused-ring (bicyclic) bond motifs is 1. The number of halogens is 2. The third-order valence-corrected chi connectivity index (χ3v) is 7.97. The van der Waals surface area contributed by atoms with E-state index < -0.39 is 0 Å². The van der Waals surface area contributed by atoms with Crippen molar-refractivity contribution >= 4 is 10.8 Å². The lowest BCUT2D eigenvalue weighted by molar-refractivity contribution is 0.249. The van der Waals surface area contributed by atoms with Gasteiger partial charge in [0.1, 0.15) is 11.6 Å². The molecule has 34 heavy (non-hydrogen) atoms. The second kappa shape index (κ2) is 12.5. The molecule has 3 aromatic rings. The number of aryl methyl sites for hydroxylation is 3. The van der Waals surface area contributed by atoms with Crippen molar-refractivity contribution in [1.29, 1.82) is 0 Å². The van der Waals surface area contributed by atoms with Crippen molar-refractivity contribution in [2.75, 3.05) is 0 Å². The van der Waals surface area contributed by atoms with Crippen LogP contribution in [0, 0.1) is 23.5 Å². The molecule has 0 bridgehead atoms. The van der Waals surface area contributed by atoms with E-state index in [1.54, 1.807) is 12.1 Å². The molecule has 1 saturated carbocycles. The second-order valence-electron chi connectivity index (χ2n) is 10.5. The average molecular weight is 463 g/mol. The van der Waals surface area contributed by atoms with Crippen LogP contribution in [0.15, 0.2) is 54.6 Å². The summed E-state index contributed by atoms with van der Waals surface area (Å²) in [5, 5.41) is 1.71. The minimum Gasteiger partial charge on any atom is -0.207 e. The van der Waals surface area contributed by atoms with E-state index in [1.807, 2.05) is 12.1 Å². The topological polar surface area (TPSA) is 0 Å². The Morgan fingerprint density at radius 2 is 1.38 bits per heavy atom. The highest BCUT2D eigenvalue weighted by Crippen LogP contribution is 2.34. The van der Waals surface area contributed by atoms with Crippen LogP contribution in [0.2, 0.25) is 0 Å². The zero-order valence-electron chi connectivity index (χ0n) is 20.8. The van der Waals surface area contributed by atoms with Crippen molar-refractivity contribution in [3.63, 3.8) is 0 Å². The Bertz CT molecular complexity index is 1030. The van der Waals surface area contributed by atoms with E-state index >= 15 is 4.39 Å². The summed E-state index contributed by atoms with van der Waals surface area (Å²) in [7, 11) is 0.